The van der Waals surface area contributed by atoms with E-state index in [-0.39, 0.29) is 0 Å². The molecule has 0 atom stereocenters. The molecule has 20 heavy (non-hydrogen) atoms. The van der Waals surface area contributed by atoms with Crippen molar-refractivity contribution in [3.63, 3.8) is 0 Å². The van der Waals surface area contributed by atoms with Crippen molar-refractivity contribution < 1.29 is 0 Å². The van der Waals surface area contributed by atoms with Crippen LogP contribution in [0.2, 0.25) is 0 Å². The predicted molar refractivity (Wildman–Crippen MR) is 82.8 cm³/mol. The Bertz CT molecular complexity index is 664. The van der Waals surface area contributed by atoms with Crippen LogP contribution in [-0.4, -0.2) is 4.57 Å². The zero-order chi connectivity index (χ0) is 14.9. The molecule has 1 aromatic carbocycles. The largest absolute Gasteiger partial charge is 0.380 e. The molecule has 0 spiro atoms. The zero-order valence-electron chi connectivity index (χ0n) is 12.8. The number of nitrogens with zero attached hydrogens (tertiary/aromatic N) is 2. The second-order valence-corrected chi connectivity index (χ2v) is 5.44. The summed E-state index contributed by atoms with van der Waals surface area (Å²) in [4.78, 5) is 0. The lowest BCUT2D eigenvalue weighted by Crippen LogP contribution is -2.04. The molecular weight excluding hydrogens is 246 g/mol. The van der Waals surface area contributed by atoms with Crippen LogP contribution in [-0.2, 0) is 13.6 Å². The Morgan fingerprint density at radius 3 is 2.20 bits per heavy atom. The molecule has 0 bridgehead atoms. The van der Waals surface area contributed by atoms with Gasteiger partial charge in [-0.2, -0.15) is 5.26 Å². The average molecular weight is 267 g/mol. The minimum Gasteiger partial charge on any atom is -0.380 e. The third-order valence-corrected chi connectivity index (χ3v) is 3.89. The molecule has 3 heteroatoms. The number of aromatic nitrogens is 1. The molecule has 1 heterocycles. The van der Waals surface area contributed by atoms with Crippen LogP contribution in [0.1, 0.15) is 33.6 Å². The molecule has 3 nitrogen and oxygen atoms in total. The SMILES string of the molecule is Cc1cc(C)c(NCc2cc(C#N)n(C)c2C)c(C)c1. The molecule has 0 radical (unpaired) electrons. The highest BCUT2D eigenvalue weighted by atomic mass is 15.0. The maximum absolute atomic E-state index is 9.07. The number of nitrogens with one attached hydrogen (secondary N) is 1. The fraction of sp³-hybridized carbons (Fsp3) is 0.353. The maximum atomic E-state index is 9.07. The highest BCUT2D eigenvalue weighted by Crippen LogP contribution is 2.23. The summed E-state index contributed by atoms with van der Waals surface area (Å²) in [5.74, 6) is 0. The van der Waals surface area contributed by atoms with Crippen molar-refractivity contribution in [3.8, 4) is 6.07 Å². The lowest BCUT2D eigenvalue weighted by atomic mass is 10.0. The standard InChI is InChI=1S/C17H21N3/c1-11-6-12(2)17(13(3)7-11)19-10-15-8-16(9-18)20(5)14(15)4/h6-8,19H,10H2,1-5H3. The van der Waals surface area contributed by atoms with Crippen molar-refractivity contribution in [2.24, 2.45) is 7.05 Å². The molecule has 0 fully saturated rings. The van der Waals surface area contributed by atoms with E-state index < -0.39 is 0 Å². The van der Waals surface area contributed by atoms with Gasteiger partial charge in [0.2, 0.25) is 0 Å². The quantitative estimate of drug-likeness (QED) is 0.920. The monoisotopic (exact) mass is 267 g/mol. The summed E-state index contributed by atoms with van der Waals surface area (Å²) < 4.78 is 1.94. The topological polar surface area (TPSA) is 40.8 Å². The minimum atomic E-state index is 0.705. The Morgan fingerprint density at radius 2 is 1.70 bits per heavy atom. The van der Waals surface area contributed by atoms with E-state index in [9.17, 15) is 0 Å². The van der Waals surface area contributed by atoms with Crippen LogP contribution < -0.4 is 5.32 Å². The fourth-order valence-electron chi connectivity index (χ4n) is 2.69. The molecule has 1 aromatic heterocycles. The van der Waals surface area contributed by atoms with Crippen molar-refractivity contribution >= 4 is 5.69 Å². The Balaban J connectivity index is 2.24. The first kappa shape index (κ1) is 14.2. The smallest absolute Gasteiger partial charge is 0.120 e. The van der Waals surface area contributed by atoms with Crippen LogP contribution in [0.15, 0.2) is 18.2 Å². The molecular formula is C17H21N3. The van der Waals surface area contributed by atoms with Crippen molar-refractivity contribution in [3.05, 3.63) is 51.8 Å². The lowest BCUT2D eigenvalue weighted by Gasteiger charge is -2.14. The van der Waals surface area contributed by atoms with E-state index in [0.717, 1.165) is 12.2 Å². The maximum Gasteiger partial charge on any atom is 0.120 e. The van der Waals surface area contributed by atoms with Gasteiger partial charge in [0.05, 0.1) is 0 Å². The van der Waals surface area contributed by atoms with E-state index in [1.54, 1.807) is 0 Å². The Kier molecular flexibility index (Phi) is 3.85. The highest BCUT2D eigenvalue weighted by molar-refractivity contribution is 5.58. The molecule has 0 saturated carbocycles. The number of hydrogen-bond donors (Lipinski definition) is 1. The third kappa shape index (κ3) is 2.55. The van der Waals surface area contributed by atoms with Crippen LogP contribution >= 0.6 is 0 Å². The van der Waals surface area contributed by atoms with Crippen LogP contribution in [0.4, 0.5) is 5.69 Å². The number of aryl methyl sites for hydroxylation is 3. The molecule has 1 N–H and O–H groups in total. The second kappa shape index (κ2) is 5.42. The summed E-state index contributed by atoms with van der Waals surface area (Å²) in [6, 6.07) is 8.56. The first-order valence-corrected chi connectivity index (χ1v) is 6.81. The van der Waals surface area contributed by atoms with Crippen molar-refractivity contribution in [1.29, 1.82) is 5.26 Å². The van der Waals surface area contributed by atoms with E-state index in [0.29, 0.717) is 5.69 Å². The molecule has 2 aromatic rings. The van der Waals surface area contributed by atoms with Crippen LogP contribution in [0.25, 0.3) is 0 Å². The molecule has 0 aliphatic heterocycles. The Hall–Kier alpha value is -2.21. The number of rotatable bonds is 3. The van der Waals surface area contributed by atoms with E-state index in [4.69, 9.17) is 5.26 Å². The summed E-state index contributed by atoms with van der Waals surface area (Å²) in [6.45, 7) is 9.16. The Labute approximate surface area is 120 Å². The van der Waals surface area contributed by atoms with Gasteiger partial charge in [-0.1, -0.05) is 17.7 Å². The summed E-state index contributed by atoms with van der Waals surface area (Å²) in [5.41, 5.74) is 8.01. The second-order valence-electron chi connectivity index (χ2n) is 5.44. The van der Waals surface area contributed by atoms with Gasteiger partial charge in [-0.15, -0.1) is 0 Å². The first-order chi connectivity index (χ1) is 9.43. The Morgan fingerprint density at radius 1 is 1.10 bits per heavy atom. The lowest BCUT2D eigenvalue weighted by molar-refractivity contribution is 0.856. The minimum absolute atomic E-state index is 0.705. The normalized spacial score (nSPS) is 10.4. The fourth-order valence-corrected chi connectivity index (χ4v) is 2.69. The molecule has 0 unspecified atom stereocenters. The zero-order valence-corrected chi connectivity index (χ0v) is 12.8. The van der Waals surface area contributed by atoms with Gasteiger partial charge in [0.15, 0.2) is 0 Å². The van der Waals surface area contributed by atoms with Crippen molar-refractivity contribution in [1.82, 2.24) is 4.57 Å². The van der Waals surface area contributed by atoms with Gasteiger partial charge < -0.3 is 9.88 Å². The molecule has 0 saturated heterocycles. The summed E-state index contributed by atoms with van der Waals surface area (Å²) in [5, 5.41) is 12.6. The van der Waals surface area contributed by atoms with Gasteiger partial charge in [0, 0.05) is 25.0 Å². The molecule has 2 rings (SSSR count). The van der Waals surface area contributed by atoms with Gasteiger partial charge >= 0.3 is 0 Å². The predicted octanol–water partition coefficient (Wildman–Crippen LogP) is 3.74. The highest BCUT2D eigenvalue weighted by Gasteiger charge is 2.09. The summed E-state index contributed by atoms with van der Waals surface area (Å²) >= 11 is 0. The van der Waals surface area contributed by atoms with Crippen LogP contribution in [0, 0.1) is 39.0 Å². The average Bonchev–Trinajstić information content (AvgIpc) is 2.65. The van der Waals surface area contributed by atoms with E-state index in [1.807, 2.05) is 24.6 Å². The van der Waals surface area contributed by atoms with Gasteiger partial charge in [0.25, 0.3) is 0 Å². The van der Waals surface area contributed by atoms with Gasteiger partial charge in [-0.3, -0.25) is 0 Å². The van der Waals surface area contributed by atoms with Crippen molar-refractivity contribution in [2.45, 2.75) is 34.2 Å². The van der Waals surface area contributed by atoms with Crippen LogP contribution in [0.3, 0.4) is 0 Å². The number of benzene rings is 1. The van der Waals surface area contributed by atoms with Crippen LogP contribution in [0.5, 0.6) is 0 Å². The molecule has 104 valence electrons. The molecule has 0 aliphatic rings. The molecule has 0 amide bonds. The third-order valence-electron chi connectivity index (χ3n) is 3.89. The van der Waals surface area contributed by atoms with E-state index in [2.05, 4.69) is 44.3 Å². The number of nitriles is 1. The van der Waals surface area contributed by atoms with E-state index >= 15 is 0 Å². The molecule has 0 aliphatic carbocycles. The van der Waals surface area contributed by atoms with Gasteiger partial charge in [-0.25, -0.2) is 0 Å². The number of anilines is 1. The number of hydrogen-bond acceptors (Lipinski definition) is 2. The van der Waals surface area contributed by atoms with Gasteiger partial charge in [-0.05, 0) is 50.5 Å². The van der Waals surface area contributed by atoms with Crippen molar-refractivity contribution in [2.75, 3.05) is 5.32 Å². The summed E-state index contributed by atoms with van der Waals surface area (Å²) in [7, 11) is 1.93. The van der Waals surface area contributed by atoms with Gasteiger partial charge in [0.1, 0.15) is 11.8 Å². The van der Waals surface area contributed by atoms with E-state index in [1.165, 1.54) is 27.9 Å². The first-order valence-electron chi connectivity index (χ1n) is 6.81. The summed E-state index contributed by atoms with van der Waals surface area (Å²) in [6.07, 6.45) is 0.